The molecule has 1 aromatic heterocycles. The summed E-state index contributed by atoms with van der Waals surface area (Å²) in [7, 11) is 0. The molecule has 1 N–H and O–H groups in total. The van der Waals surface area contributed by atoms with Crippen molar-refractivity contribution < 1.29 is 9.63 Å². The highest BCUT2D eigenvalue weighted by molar-refractivity contribution is 9.10. The highest BCUT2D eigenvalue weighted by Crippen LogP contribution is 2.07. The van der Waals surface area contributed by atoms with Gasteiger partial charge in [-0.15, -0.1) is 0 Å². The van der Waals surface area contributed by atoms with E-state index in [0.29, 0.717) is 10.3 Å². The second kappa shape index (κ2) is 4.72. The van der Waals surface area contributed by atoms with Crippen LogP contribution in [0.1, 0.15) is 31.3 Å². The van der Waals surface area contributed by atoms with Crippen LogP contribution in [0.2, 0.25) is 0 Å². The van der Waals surface area contributed by atoms with Crippen LogP contribution < -0.4 is 5.48 Å². The van der Waals surface area contributed by atoms with Crippen molar-refractivity contribution in [2.24, 2.45) is 0 Å². The maximum absolute atomic E-state index is 11.5. The van der Waals surface area contributed by atoms with Gasteiger partial charge in [-0.2, -0.15) is 0 Å². The molecule has 0 aliphatic rings. The summed E-state index contributed by atoms with van der Waals surface area (Å²) in [6.45, 7) is 5.55. The molecule has 0 radical (unpaired) electrons. The molecular weight excluding hydrogens is 260 g/mol. The first-order chi connectivity index (χ1) is 6.88. The van der Waals surface area contributed by atoms with E-state index < -0.39 is 5.60 Å². The average Bonchev–Trinajstić information content (AvgIpc) is 2.13. The highest BCUT2D eigenvalue weighted by atomic mass is 79.9. The number of nitrogens with zero attached hydrogens (tertiary/aromatic N) is 1. The van der Waals surface area contributed by atoms with E-state index in [1.165, 1.54) is 0 Å². The van der Waals surface area contributed by atoms with Crippen LogP contribution in [0.25, 0.3) is 0 Å². The molecule has 1 amide bonds. The number of pyridine rings is 1. The van der Waals surface area contributed by atoms with Gasteiger partial charge in [0.25, 0.3) is 5.91 Å². The van der Waals surface area contributed by atoms with Gasteiger partial charge in [0.15, 0.2) is 0 Å². The Morgan fingerprint density at radius 3 is 2.67 bits per heavy atom. The van der Waals surface area contributed by atoms with Crippen molar-refractivity contribution in [1.29, 1.82) is 0 Å². The zero-order valence-electron chi connectivity index (χ0n) is 8.87. The normalized spacial score (nSPS) is 11.2. The Balaban J connectivity index is 2.62. The lowest BCUT2D eigenvalue weighted by atomic mass is 10.2. The molecule has 0 aromatic carbocycles. The molecule has 0 unspecified atom stereocenters. The van der Waals surface area contributed by atoms with Crippen LogP contribution in [0.3, 0.4) is 0 Å². The van der Waals surface area contributed by atoms with Gasteiger partial charge < -0.3 is 0 Å². The van der Waals surface area contributed by atoms with E-state index in [-0.39, 0.29) is 5.91 Å². The van der Waals surface area contributed by atoms with Crippen molar-refractivity contribution in [3.63, 3.8) is 0 Å². The van der Waals surface area contributed by atoms with Gasteiger partial charge in [0.05, 0.1) is 5.60 Å². The Labute approximate surface area is 97.1 Å². The van der Waals surface area contributed by atoms with E-state index in [9.17, 15) is 4.79 Å². The number of aromatic nitrogens is 1. The molecule has 1 rings (SSSR count). The number of amides is 1. The predicted molar refractivity (Wildman–Crippen MR) is 60.2 cm³/mol. The molecule has 1 heterocycles. The number of carbonyl (C=O) groups is 1. The van der Waals surface area contributed by atoms with Crippen molar-refractivity contribution in [1.82, 2.24) is 10.5 Å². The Kier molecular flexibility index (Phi) is 3.82. The minimum atomic E-state index is -0.415. The number of halogens is 1. The molecule has 4 nitrogen and oxygen atoms in total. The van der Waals surface area contributed by atoms with Crippen molar-refractivity contribution in [3.8, 4) is 0 Å². The van der Waals surface area contributed by atoms with E-state index >= 15 is 0 Å². The first-order valence-electron chi connectivity index (χ1n) is 4.49. The number of carbonyl (C=O) groups excluding carboxylic acids is 1. The second-order valence-corrected chi connectivity index (χ2v) is 4.80. The van der Waals surface area contributed by atoms with E-state index in [4.69, 9.17) is 4.84 Å². The third-order valence-corrected chi connectivity index (χ3v) is 1.84. The van der Waals surface area contributed by atoms with Gasteiger partial charge in [0.2, 0.25) is 0 Å². The summed E-state index contributed by atoms with van der Waals surface area (Å²) in [5.41, 5.74) is 2.24. The van der Waals surface area contributed by atoms with Crippen LogP contribution in [-0.2, 0) is 4.84 Å². The number of hydrogen-bond acceptors (Lipinski definition) is 3. The number of rotatable bonds is 2. The first kappa shape index (κ1) is 12.1. The van der Waals surface area contributed by atoms with Crippen molar-refractivity contribution >= 4 is 21.8 Å². The SMILES string of the molecule is CC(C)(C)ONC(=O)c1cccc(Br)n1. The van der Waals surface area contributed by atoms with Crippen LogP contribution >= 0.6 is 15.9 Å². The van der Waals surface area contributed by atoms with Crippen molar-refractivity contribution in [3.05, 3.63) is 28.5 Å². The molecule has 0 bridgehead atoms. The van der Waals surface area contributed by atoms with Crippen LogP contribution in [0.4, 0.5) is 0 Å². The molecular formula is C10H13BrN2O2. The molecule has 0 atom stereocenters. The van der Waals surface area contributed by atoms with Crippen LogP contribution in [-0.4, -0.2) is 16.5 Å². The van der Waals surface area contributed by atoms with E-state index in [0.717, 1.165) is 0 Å². The van der Waals surface area contributed by atoms with Gasteiger partial charge in [0.1, 0.15) is 10.3 Å². The molecule has 82 valence electrons. The zero-order valence-corrected chi connectivity index (χ0v) is 10.5. The maximum Gasteiger partial charge on any atom is 0.293 e. The average molecular weight is 273 g/mol. The fraction of sp³-hybridized carbons (Fsp3) is 0.400. The summed E-state index contributed by atoms with van der Waals surface area (Å²) in [6, 6.07) is 5.11. The minimum Gasteiger partial charge on any atom is -0.268 e. The lowest BCUT2D eigenvalue weighted by molar-refractivity contribution is -0.0591. The van der Waals surface area contributed by atoms with E-state index in [2.05, 4.69) is 26.4 Å². The molecule has 0 aliphatic carbocycles. The summed E-state index contributed by atoms with van der Waals surface area (Å²) >= 11 is 3.19. The summed E-state index contributed by atoms with van der Waals surface area (Å²) < 4.78 is 0.617. The lowest BCUT2D eigenvalue weighted by Gasteiger charge is -2.18. The fourth-order valence-electron chi connectivity index (χ4n) is 0.786. The summed E-state index contributed by atoms with van der Waals surface area (Å²) in [4.78, 5) is 20.7. The van der Waals surface area contributed by atoms with Crippen molar-refractivity contribution in [2.75, 3.05) is 0 Å². The van der Waals surface area contributed by atoms with Gasteiger partial charge in [-0.1, -0.05) is 6.07 Å². The molecule has 0 fully saturated rings. The Hall–Kier alpha value is -0.940. The maximum atomic E-state index is 11.5. The first-order valence-corrected chi connectivity index (χ1v) is 5.29. The van der Waals surface area contributed by atoms with Gasteiger partial charge in [0, 0.05) is 0 Å². The van der Waals surface area contributed by atoms with Crippen LogP contribution in [0.15, 0.2) is 22.8 Å². The van der Waals surface area contributed by atoms with Crippen LogP contribution in [0, 0.1) is 0 Å². The van der Waals surface area contributed by atoms with Gasteiger partial charge in [-0.3, -0.25) is 9.63 Å². The lowest BCUT2D eigenvalue weighted by Crippen LogP contribution is -2.33. The quantitative estimate of drug-likeness (QED) is 0.664. The number of hydrogen-bond donors (Lipinski definition) is 1. The third-order valence-electron chi connectivity index (χ3n) is 1.40. The summed E-state index contributed by atoms with van der Waals surface area (Å²) in [5, 5.41) is 0. The Morgan fingerprint density at radius 2 is 2.13 bits per heavy atom. The summed E-state index contributed by atoms with van der Waals surface area (Å²) in [6.07, 6.45) is 0. The molecule has 0 saturated carbocycles. The molecule has 0 aliphatic heterocycles. The van der Waals surface area contributed by atoms with Gasteiger partial charge >= 0.3 is 0 Å². The highest BCUT2D eigenvalue weighted by Gasteiger charge is 2.14. The molecule has 0 spiro atoms. The van der Waals surface area contributed by atoms with E-state index in [1.54, 1.807) is 18.2 Å². The zero-order chi connectivity index (χ0) is 11.5. The van der Waals surface area contributed by atoms with E-state index in [1.807, 2.05) is 20.8 Å². The number of hydroxylamine groups is 1. The fourth-order valence-corrected chi connectivity index (χ4v) is 1.13. The molecule has 5 heteroatoms. The number of nitrogens with one attached hydrogen (secondary N) is 1. The summed E-state index contributed by atoms with van der Waals surface area (Å²) in [5.74, 6) is -0.355. The minimum absolute atomic E-state index is 0.314. The van der Waals surface area contributed by atoms with Gasteiger partial charge in [-0.05, 0) is 48.8 Å². The molecule has 1 aromatic rings. The molecule has 0 saturated heterocycles. The van der Waals surface area contributed by atoms with Gasteiger partial charge in [-0.25, -0.2) is 10.5 Å². The van der Waals surface area contributed by atoms with Crippen LogP contribution in [0.5, 0.6) is 0 Å². The second-order valence-electron chi connectivity index (χ2n) is 3.99. The van der Waals surface area contributed by atoms with Crippen molar-refractivity contribution in [2.45, 2.75) is 26.4 Å². The largest absolute Gasteiger partial charge is 0.293 e. The Morgan fingerprint density at radius 1 is 1.47 bits per heavy atom. The monoisotopic (exact) mass is 272 g/mol. The molecule has 15 heavy (non-hydrogen) atoms. The topological polar surface area (TPSA) is 51.2 Å². The standard InChI is InChI=1S/C10H13BrN2O2/c1-10(2,3)15-13-9(14)7-5-4-6-8(11)12-7/h4-6H,1-3H3,(H,13,14). The smallest absolute Gasteiger partial charge is 0.268 e. The predicted octanol–water partition coefficient (Wildman–Crippen LogP) is 2.30. The third kappa shape index (κ3) is 4.40. The Bertz CT molecular complexity index is 361.